The number of ether oxygens (including phenoxy) is 1. The smallest absolute Gasteiger partial charge is 0.414 e. The minimum absolute atomic E-state index is 0.00432. The summed E-state index contributed by atoms with van der Waals surface area (Å²) in [5, 5.41) is 5.73. The fraction of sp³-hybridized carbons (Fsp3) is 0.381. The lowest BCUT2D eigenvalue weighted by Crippen LogP contribution is -2.37. The molecule has 0 radical (unpaired) electrons. The van der Waals surface area contributed by atoms with Gasteiger partial charge in [-0.3, -0.25) is 19.3 Å². The Morgan fingerprint density at radius 1 is 1.20 bits per heavy atom. The first-order chi connectivity index (χ1) is 16.7. The standard InChI is InChI=1S/C21H18F4N4O5S/c22-14-8-12(28-11-13(34-21(28)32)10-26-19(30)18(24)25)9-15(23)17(14)27-3-4-29(33-6-5-27)20(31)16-2-1-7-35-16/h2,8-9,13,18H,3-6,10-11H2,(H,26,30)/t13-/m0/s1. The predicted octanol–water partition coefficient (Wildman–Crippen LogP) is 2.23. The second kappa shape index (κ2) is 10.4. The zero-order valence-electron chi connectivity index (χ0n) is 17.9. The maximum absolute atomic E-state index is 15.0. The van der Waals surface area contributed by atoms with Gasteiger partial charge in [0.05, 0.1) is 31.9 Å². The molecule has 35 heavy (non-hydrogen) atoms. The van der Waals surface area contributed by atoms with Gasteiger partial charge in [0, 0.05) is 31.3 Å². The molecule has 2 fully saturated rings. The fourth-order valence-electron chi connectivity index (χ4n) is 3.61. The van der Waals surface area contributed by atoms with Crippen molar-refractivity contribution in [3.8, 4) is 0 Å². The molecule has 1 aromatic heterocycles. The fourth-order valence-corrected chi connectivity index (χ4v) is 4.15. The molecule has 2 aliphatic heterocycles. The van der Waals surface area contributed by atoms with Gasteiger partial charge in [-0.2, -0.15) is 8.78 Å². The Hall–Kier alpha value is -3.57. The number of benzene rings is 1. The van der Waals surface area contributed by atoms with E-state index >= 15 is 0 Å². The van der Waals surface area contributed by atoms with E-state index in [1.54, 1.807) is 0 Å². The molecule has 3 heterocycles. The normalized spacial score (nSPS) is 18.4. The van der Waals surface area contributed by atoms with Crippen molar-refractivity contribution in [3.63, 3.8) is 0 Å². The van der Waals surface area contributed by atoms with Crippen molar-refractivity contribution in [2.24, 2.45) is 0 Å². The third-order valence-electron chi connectivity index (χ3n) is 5.25. The molecule has 0 saturated carbocycles. The van der Waals surface area contributed by atoms with Gasteiger partial charge in [-0.25, -0.2) is 18.6 Å². The van der Waals surface area contributed by atoms with Crippen LogP contribution < -0.4 is 15.1 Å². The number of carbonyl (C=O) groups excluding carboxylic acids is 3. The van der Waals surface area contributed by atoms with Gasteiger partial charge in [0.2, 0.25) is 0 Å². The van der Waals surface area contributed by atoms with Gasteiger partial charge in [-0.05, 0) is 5.38 Å². The predicted molar refractivity (Wildman–Crippen MR) is 114 cm³/mol. The number of alkyl halides is 2. The Balaban J connectivity index is 1.43. The van der Waals surface area contributed by atoms with Crippen molar-refractivity contribution in [2.75, 3.05) is 49.1 Å². The maximum atomic E-state index is 15.0. The van der Waals surface area contributed by atoms with E-state index in [0.717, 1.165) is 33.4 Å². The van der Waals surface area contributed by atoms with Crippen LogP contribution in [0.1, 0.15) is 9.67 Å². The van der Waals surface area contributed by atoms with E-state index in [1.807, 2.05) is 5.32 Å². The molecule has 14 heteroatoms. The molecule has 2 aliphatic rings. The van der Waals surface area contributed by atoms with Crippen LogP contribution in [0.4, 0.5) is 33.7 Å². The minimum Gasteiger partial charge on any atom is -0.442 e. The number of rotatable bonds is 6. The Morgan fingerprint density at radius 2 is 1.94 bits per heavy atom. The lowest BCUT2D eigenvalue weighted by molar-refractivity contribution is -0.132. The summed E-state index contributed by atoms with van der Waals surface area (Å²) in [6.07, 6.45) is -5.13. The molecule has 1 N–H and O–H groups in total. The molecular weight excluding hydrogens is 496 g/mol. The molecule has 0 unspecified atom stereocenters. The summed E-state index contributed by atoms with van der Waals surface area (Å²) in [4.78, 5) is 43.7. The molecular formula is C21H18F4N4O5S. The number of anilines is 2. The highest BCUT2D eigenvalue weighted by molar-refractivity contribution is 7.11. The van der Waals surface area contributed by atoms with Gasteiger partial charge in [0.15, 0.2) is 11.6 Å². The first-order valence-electron chi connectivity index (χ1n) is 10.3. The van der Waals surface area contributed by atoms with Crippen molar-refractivity contribution >= 4 is 40.6 Å². The van der Waals surface area contributed by atoms with Gasteiger partial charge >= 0.3 is 12.5 Å². The van der Waals surface area contributed by atoms with Crippen LogP contribution in [0, 0.1) is 23.1 Å². The van der Waals surface area contributed by atoms with Crippen molar-refractivity contribution in [1.82, 2.24) is 10.4 Å². The molecule has 2 saturated heterocycles. The monoisotopic (exact) mass is 514 g/mol. The molecule has 1 aromatic carbocycles. The van der Waals surface area contributed by atoms with Crippen LogP contribution in [0.3, 0.4) is 0 Å². The number of nitrogens with zero attached hydrogens (tertiary/aromatic N) is 3. The van der Waals surface area contributed by atoms with E-state index in [9.17, 15) is 31.9 Å². The average molecular weight is 514 g/mol. The zero-order chi connectivity index (χ0) is 25.1. The summed E-state index contributed by atoms with van der Waals surface area (Å²) in [5.74, 6) is -3.83. The van der Waals surface area contributed by atoms with E-state index < -0.39 is 42.1 Å². The summed E-state index contributed by atoms with van der Waals surface area (Å²) in [5.41, 5.74) is -0.484. The van der Waals surface area contributed by atoms with E-state index in [1.165, 1.54) is 11.0 Å². The number of amides is 3. The van der Waals surface area contributed by atoms with E-state index in [4.69, 9.17) is 9.57 Å². The molecule has 0 spiro atoms. The second-order valence-corrected chi connectivity index (χ2v) is 8.35. The Labute approximate surface area is 200 Å². The van der Waals surface area contributed by atoms with Crippen LogP contribution in [-0.4, -0.2) is 74.8 Å². The molecule has 1 atom stereocenters. The van der Waals surface area contributed by atoms with Crippen LogP contribution in [-0.2, 0) is 14.4 Å². The lowest BCUT2D eigenvalue weighted by Gasteiger charge is -2.24. The number of nitrogens with one attached hydrogen (secondary N) is 1. The molecule has 0 bridgehead atoms. The molecule has 3 amide bonds. The van der Waals surface area contributed by atoms with Crippen LogP contribution in [0.2, 0.25) is 0 Å². The van der Waals surface area contributed by atoms with E-state index in [0.29, 0.717) is 4.88 Å². The number of hydroxylamine groups is 2. The largest absolute Gasteiger partial charge is 0.442 e. The summed E-state index contributed by atoms with van der Waals surface area (Å²) >= 11 is 1.07. The third kappa shape index (κ3) is 5.41. The third-order valence-corrected chi connectivity index (χ3v) is 5.98. The van der Waals surface area contributed by atoms with Crippen molar-refractivity contribution < 1.29 is 41.5 Å². The highest BCUT2D eigenvalue weighted by Crippen LogP contribution is 2.31. The Morgan fingerprint density at radius 3 is 2.60 bits per heavy atom. The summed E-state index contributed by atoms with van der Waals surface area (Å²) in [6, 6.07) is 6.03. The molecule has 0 aliphatic carbocycles. The summed E-state index contributed by atoms with van der Waals surface area (Å²) in [6.45, 7) is -0.365. The van der Waals surface area contributed by atoms with Crippen molar-refractivity contribution in [3.05, 3.63) is 46.2 Å². The highest BCUT2D eigenvalue weighted by Gasteiger charge is 2.34. The van der Waals surface area contributed by atoms with E-state index in [2.05, 4.69) is 11.4 Å². The van der Waals surface area contributed by atoms with Crippen LogP contribution in [0.5, 0.6) is 0 Å². The highest BCUT2D eigenvalue weighted by atomic mass is 32.1. The lowest BCUT2D eigenvalue weighted by atomic mass is 10.2. The molecule has 4 rings (SSSR count). The van der Waals surface area contributed by atoms with Crippen LogP contribution in [0.25, 0.3) is 0 Å². The maximum Gasteiger partial charge on any atom is 0.414 e. The average Bonchev–Trinajstić information content (AvgIpc) is 3.41. The van der Waals surface area contributed by atoms with Gasteiger partial charge in [0.25, 0.3) is 11.8 Å². The number of cyclic esters (lactones) is 1. The SMILES string of the molecule is O=C(NC[C@H]1CN(c2cc(F)c(N3CCON(C(=O)c4cc#cs4)CC3)c(F)c2)C(=O)O1)C(F)F. The van der Waals surface area contributed by atoms with Gasteiger partial charge < -0.3 is 15.0 Å². The molecule has 9 nitrogen and oxygen atoms in total. The topological polar surface area (TPSA) is 91.4 Å². The first-order valence-corrected chi connectivity index (χ1v) is 11.2. The minimum atomic E-state index is -3.22. The van der Waals surface area contributed by atoms with Gasteiger partial charge in [-0.15, -0.1) is 0 Å². The van der Waals surface area contributed by atoms with Crippen molar-refractivity contribution in [1.29, 1.82) is 0 Å². The van der Waals surface area contributed by atoms with Crippen molar-refractivity contribution in [2.45, 2.75) is 12.5 Å². The first kappa shape index (κ1) is 24.6. The number of hydrogen-bond acceptors (Lipinski definition) is 7. The summed E-state index contributed by atoms with van der Waals surface area (Å²) < 4.78 is 59.6. The summed E-state index contributed by atoms with van der Waals surface area (Å²) in [7, 11) is 0. The quantitative estimate of drug-likeness (QED) is 0.595. The van der Waals surface area contributed by atoms with Crippen LogP contribution >= 0.6 is 11.3 Å². The van der Waals surface area contributed by atoms with E-state index in [-0.39, 0.29) is 50.7 Å². The Bertz CT molecular complexity index is 1080. The van der Waals surface area contributed by atoms with Gasteiger partial charge in [0.1, 0.15) is 16.7 Å². The second-order valence-electron chi connectivity index (χ2n) is 7.50. The Kier molecular flexibility index (Phi) is 7.27. The zero-order valence-corrected chi connectivity index (χ0v) is 18.7. The number of hydrogen-bond donors (Lipinski definition) is 1. The van der Waals surface area contributed by atoms with Crippen LogP contribution in [0.15, 0.2) is 18.2 Å². The number of halogens is 4. The van der Waals surface area contributed by atoms with Gasteiger partial charge in [-0.1, -0.05) is 17.4 Å². The molecule has 2 aromatic rings. The molecule has 186 valence electrons. The number of carbonyl (C=O) groups is 3.